The first-order chi connectivity index (χ1) is 15.9. The monoisotopic (exact) mass is 490 g/mol. The smallest absolute Gasteiger partial charge is 0.456 e. The first-order valence-electron chi connectivity index (χ1n) is 9.92. The number of benzene rings is 2. The third kappa shape index (κ3) is 4.17. The Hall–Kier alpha value is -3.28. The van der Waals surface area contributed by atoms with Crippen molar-refractivity contribution in [3.05, 3.63) is 82.5 Å². The molecule has 0 spiro atoms. The molecule has 1 aliphatic heterocycles. The highest BCUT2D eigenvalue weighted by Gasteiger charge is 2.58. The zero-order chi connectivity index (χ0) is 24.9. The second kappa shape index (κ2) is 8.19. The molecular weight excluding hydrogens is 473 g/mol. The molecule has 0 saturated carbocycles. The average molecular weight is 490 g/mol. The summed E-state index contributed by atoms with van der Waals surface area (Å²) in [7, 11) is 0. The number of nitrogens with zero attached hydrogens (tertiary/aromatic N) is 2. The number of hydrogen-bond acceptors (Lipinski definition) is 3. The van der Waals surface area contributed by atoms with Crippen LogP contribution in [0.4, 0.5) is 30.7 Å². The molecule has 0 amide bonds. The van der Waals surface area contributed by atoms with Crippen LogP contribution in [0.5, 0.6) is 5.75 Å². The van der Waals surface area contributed by atoms with Gasteiger partial charge in [-0.25, -0.2) is 13.6 Å². The highest BCUT2D eigenvalue weighted by Crippen LogP contribution is 2.48. The summed E-state index contributed by atoms with van der Waals surface area (Å²) in [6, 6.07) is 7.32. The van der Waals surface area contributed by atoms with Gasteiger partial charge in [0.1, 0.15) is 23.0 Å². The van der Waals surface area contributed by atoms with Gasteiger partial charge in [0, 0.05) is 24.0 Å². The Labute approximate surface area is 187 Å². The minimum absolute atomic E-state index is 0.109. The Morgan fingerprint density at radius 2 is 1.71 bits per heavy atom. The number of ether oxygens (including phenoxy) is 2. The van der Waals surface area contributed by atoms with E-state index in [9.17, 15) is 35.5 Å². The maximum atomic E-state index is 14.3. The van der Waals surface area contributed by atoms with E-state index in [2.05, 4.69) is 4.74 Å². The van der Waals surface area contributed by atoms with Gasteiger partial charge >= 0.3 is 17.8 Å². The van der Waals surface area contributed by atoms with Crippen molar-refractivity contribution in [3.63, 3.8) is 0 Å². The quantitative estimate of drug-likeness (QED) is 0.347. The Balaban J connectivity index is 1.53. The fourth-order valence-electron chi connectivity index (χ4n) is 3.60. The number of hydrogen-bond donors (Lipinski definition) is 0. The molecular formula is C22H17F7N2O3. The molecule has 1 aromatic heterocycles. The van der Waals surface area contributed by atoms with Crippen LogP contribution in [0.2, 0.25) is 0 Å². The Bertz CT molecular complexity index is 1240. The highest BCUT2D eigenvalue weighted by molar-refractivity contribution is 5.38. The summed E-state index contributed by atoms with van der Waals surface area (Å²) >= 11 is 0. The van der Waals surface area contributed by atoms with Crippen molar-refractivity contribution in [1.29, 1.82) is 0 Å². The topological polar surface area (TPSA) is 48.7 Å². The summed E-state index contributed by atoms with van der Waals surface area (Å²) in [6.07, 6.45) is -2.89. The maximum absolute atomic E-state index is 14.3. The first-order valence-corrected chi connectivity index (χ1v) is 9.92. The zero-order valence-electron chi connectivity index (χ0n) is 17.5. The fourth-order valence-corrected chi connectivity index (χ4v) is 3.60. The van der Waals surface area contributed by atoms with Gasteiger partial charge in [-0.05, 0) is 37.3 Å². The fraction of sp³-hybridized carbons (Fsp3) is 0.318. The molecule has 34 heavy (non-hydrogen) atoms. The summed E-state index contributed by atoms with van der Waals surface area (Å²) in [6.45, 7) is -0.131. The molecule has 3 aromatic rings. The van der Waals surface area contributed by atoms with E-state index in [1.54, 1.807) is 6.92 Å². The van der Waals surface area contributed by atoms with Crippen LogP contribution in [-0.4, -0.2) is 34.4 Å². The molecule has 0 aliphatic carbocycles. The first kappa shape index (κ1) is 23.9. The second-order valence-electron chi connectivity index (χ2n) is 7.82. The lowest BCUT2D eigenvalue weighted by Gasteiger charge is -2.22. The molecule has 1 saturated heterocycles. The van der Waals surface area contributed by atoms with E-state index >= 15 is 0 Å². The van der Waals surface area contributed by atoms with Crippen molar-refractivity contribution >= 4 is 0 Å². The summed E-state index contributed by atoms with van der Waals surface area (Å²) in [5, 5.41) is 0. The molecule has 2 atom stereocenters. The lowest BCUT2D eigenvalue weighted by molar-refractivity contribution is -0.290. The Morgan fingerprint density at radius 1 is 1.06 bits per heavy atom. The van der Waals surface area contributed by atoms with Gasteiger partial charge in [0.15, 0.2) is 6.61 Å². The molecule has 182 valence electrons. The molecule has 1 fully saturated rings. The van der Waals surface area contributed by atoms with Crippen LogP contribution in [0, 0.1) is 11.6 Å². The van der Waals surface area contributed by atoms with Crippen LogP contribution >= 0.6 is 0 Å². The van der Waals surface area contributed by atoms with Gasteiger partial charge < -0.3 is 9.47 Å². The molecule has 4 rings (SSSR count). The normalized spacial score (nSPS) is 19.2. The number of alkyl halides is 5. The predicted molar refractivity (Wildman–Crippen MR) is 105 cm³/mol. The lowest BCUT2D eigenvalue weighted by Crippen LogP contribution is -2.41. The predicted octanol–water partition coefficient (Wildman–Crippen LogP) is 4.98. The van der Waals surface area contributed by atoms with Gasteiger partial charge in [-0.2, -0.15) is 22.0 Å². The van der Waals surface area contributed by atoms with E-state index in [-0.39, 0.29) is 23.6 Å². The standard InChI is InChI=1S/C22H17F7N2O3/c1-13(20(11-34-20)17-7-2-14(23)10-18(17)24)30-8-9-31(19(30)32)15-3-5-16(6-4-15)33-12-21(25,26)22(27,28)29/h2-10,13H,11-12H2,1H3/t13-,20+/m1/s1. The van der Waals surface area contributed by atoms with Gasteiger partial charge in [-0.3, -0.25) is 9.13 Å². The van der Waals surface area contributed by atoms with Crippen molar-refractivity contribution in [1.82, 2.24) is 9.13 Å². The van der Waals surface area contributed by atoms with Crippen LogP contribution in [0.15, 0.2) is 59.7 Å². The van der Waals surface area contributed by atoms with Gasteiger partial charge in [0.25, 0.3) is 0 Å². The third-order valence-corrected chi connectivity index (χ3v) is 5.69. The Kier molecular flexibility index (Phi) is 5.75. The SMILES string of the molecule is C[C@@H](n1ccn(-c2ccc(OCC(F)(F)C(F)(F)F)cc2)c1=O)[C@]1(c2ccc(F)cc2F)CO1. The number of imidazole rings is 1. The van der Waals surface area contributed by atoms with Crippen LogP contribution in [0.25, 0.3) is 5.69 Å². The van der Waals surface area contributed by atoms with Gasteiger partial charge in [-0.15, -0.1) is 0 Å². The molecule has 2 heterocycles. The Morgan fingerprint density at radius 3 is 2.26 bits per heavy atom. The molecule has 1 aliphatic rings. The number of rotatable bonds is 7. The van der Waals surface area contributed by atoms with Gasteiger partial charge in [0.2, 0.25) is 0 Å². The largest absolute Gasteiger partial charge is 0.487 e. The summed E-state index contributed by atoms with van der Waals surface area (Å²) in [5.41, 5.74) is -1.31. The van der Waals surface area contributed by atoms with E-state index in [1.807, 2.05) is 0 Å². The van der Waals surface area contributed by atoms with Crippen molar-refractivity contribution < 1.29 is 40.2 Å². The van der Waals surface area contributed by atoms with E-state index in [0.717, 1.165) is 24.3 Å². The van der Waals surface area contributed by atoms with Crippen molar-refractivity contribution in [2.75, 3.05) is 13.2 Å². The minimum atomic E-state index is -5.74. The van der Waals surface area contributed by atoms with E-state index in [4.69, 9.17) is 4.74 Å². The van der Waals surface area contributed by atoms with E-state index < -0.39 is 47.7 Å². The molecule has 5 nitrogen and oxygen atoms in total. The summed E-state index contributed by atoms with van der Waals surface area (Å²) in [4.78, 5) is 13.0. The molecule has 12 heteroatoms. The van der Waals surface area contributed by atoms with Gasteiger partial charge in [0.05, 0.1) is 18.3 Å². The zero-order valence-corrected chi connectivity index (χ0v) is 17.5. The maximum Gasteiger partial charge on any atom is 0.456 e. The third-order valence-electron chi connectivity index (χ3n) is 5.69. The van der Waals surface area contributed by atoms with E-state index in [0.29, 0.717) is 0 Å². The lowest BCUT2D eigenvalue weighted by atomic mass is 9.92. The van der Waals surface area contributed by atoms with Crippen molar-refractivity contribution in [2.45, 2.75) is 30.7 Å². The second-order valence-corrected chi connectivity index (χ2v) is 7.82. The molecule has 0 radical (unpaired) electrons. The molecule has 0 unspecified atom stereocenters. The average Bonchev–Trinajstić information content (AvgIpc) is 3.47. The minimum Gasteiger partial charge on any atom is -0.487 e. The van der Waals surface area contributed by atoms with Crippen LogP contribution in [0.3, 0.4) is 0 Å². The van der Waals surface area contributed by atoms with Gasteiger partial charge in [-0.1, -0.05) is 6.07 Å². The van der Waals surface area contributed by atoms with E-state index in [1.165, 1.54) is 39.7 Å². The number of epoxide rings is 1. The number of halogens is 7. The van der Waals surface area contributed by atoms with Crippen LogP contribution in [0.1, 0.15) is 18.5 Å². The molecule has 0 N–H and O–H groups in total. The summed E-state index contributed by atoms with van der Waals surface area (Å²) in [5.74, 6) is -6.81. The highest BCUT2D eigenvalue weighted by atomic mass is 19.4. The molecule has 0 bridgehead atoms. The molecule has 2 aromatic carbocycles. The number of aromatic nitrogens is 2. The van der Waals surface area contributed by atoms with Crippen LogP contribution in [-0.2, 0) is 10.3 Å². The van der Waals surface area contributed by atoms with Crippen LogP contribution < -0.4 is 10.4 Å². The van der Waals surface area contributed by atoms with Crippen molar-refractivity contribution in [3.8, 4) is 11.4 Å². The summed E-state index contributed by atoms with van der Waals surface area (Å²) < 4.78 is 103. The van der Waals surface area contributed by atoms with Crippen molar-refractivity contribution in [2.24, 2.45) is 0 Å².